The van der Waals surface area contributed by atoms with Gasteiger partial charge in [0, 0.05) is 6.61 Å². The fourth-order valence-corrected chi connectivity index (χ4v) is 0.488. The molecule has 14 heavy (non-hydrogen) atoms. The van der Waals surface area contributed by atoms with E-state index >= 15 is 0 Å². The quantitative estimate of drug-likeness (QED) is 0.475. The van der Waals surface area contributed by atoms with Crippen molar-refractivity contribution >= 4 is 0 Å². The van der Waals surface area contributed by atoms with Crippen molar-refractivity contribution in [2.24, 2.45) is 0 Å². The molecule has 0 aromatic carbocycles. The maximum Gasteiger partial charge on any atom is 0.152 e. The van der Waals surface area contributed by atoms with Gasteiger partial charge in [-0.25, -0.2) is 0 Å². The van der Waals surface area contributed by atoms with Crippen LogP contribution in [0.2, 0.25) is 0 Å². The highest BCUT2D eigenvalue weighted by atomic mass is 16.8. The lowest BCUT2D eigenvalue weighted by Gasteiger charge is -2.19. The molecule has 0 unspecified atom stereocenters. The van der Waals surface area contributed by atoms with E-state index in [0.29, 0.717) is 6.61 Å². The molecular weight excluding hydrogens is 184 g/mol. The molecule has 0 atom stereocenters. The minimum atomic E-state index is -0.167. The van der Waals surface area contributed by atoms with Crippen LogP contribution in [-0.2, 0) is 18.9 Å². The van der Waals surface area contributed by atoms with Gasteiger partial charge in [-0.15, -0.1) is 0 Å². The van der Waals surface area contributed by atoms with Crippen molar-refractivity contribution in [1.29, 1.82) is 0 Å². The molecule has 0 rings (SSSR count). The molecule has 0 radical (unpaired) electrons. The molecule has 0 heterocycles. The molecule has 4 nitrogen and oxygen atoms in total. The summed E-state index contributed by atoms with van der Waals surface area (Å²) in [4.78, 5) is 0. The zero-order valence-corrected chi connectivity index (χ0v) is 8.96. The summed E-state index contributed by atoms with van der Waals surface area (Å²) in [5.41, 5.74) is -0.167. The van der Waals surface area contributed by atoms with Crippen LogP contribution in [0.1, 0.15) is 35.1 Å². The van der Waals surface area contributed by atoms with E-state index in [9.17, 15) is 0 Å². The fraction of sp³-hybridized carbons (Fsp3) is 1.00. The molecular formula is C10H24O4. The van der Waals surface area contributed by atoms with Gasteiger partial charge in [0.15, 0.2) is 6.79 Å². The summed E-state index contributed by atoms with van der Waals surface area (Å²) in [5, 5.41) is 0. The topological polar surface area (TPSA) is 36.9 Å². The number of rotatable bonds is 7. The van der Waals surface area contributed by atoms with Gasteiger partial charge in [-0.3, -0.25) is 0 Å². The van der Waals surface area contributed by atoms with Crippen LogP contribution < -0.4 is 0 Å². The van der Waals surface area contributed by atoms with E-state index in [4.69, 9.17) is 18.9 Å². The Kier molecular flexibility index (Phi) is 10.9. The Balaban J connectivity index is 0. The van der Waals surface area contributed by atoms with Crippen LogP contribution in [0.3, 0.4) is 0 Å². The molecule has 0 aliphatic carbocycles. The minimum Gasteiger partial charge on any atom is -0.356 e. The van der Waals surface area contributed by atoms with Gasteiger partial charge < -0.3 is 18.9 Å². The van der Waals surface area contributed by atoms with Crippen molar-refractivity contribution in [2.45, 2.75) is 40.7 Å². The fourth-order valence-electron chi connectivity index (χ4n) is 0.488. The second-order valence-electron chi connectivity index (χ2n) is 3.51. The zero-order valence-electron chi connectivity index (χ0n) is 8.96. The lowest BCUT2D eigenvalue weighted by atomic mass is 10.2. The van der Waals surface area contributed by atoms with E-state index in [1.54, 1.807) is 0 Å². The first-order valence-corrected chi connectivity index (χ1v) is 4.43. The van der Waals surface area contributed by atoms with E-state index in [1.807, 2.05) is 27.7 Å². The van der Waals surface area contributed by atoms with E-state index < -0.39 is 0 Å². The van der Waals surface area contributed by atoms with Crippen LogP contribution in [0, 0.1) is 0 Å². The lowest BCUT2D eigenvalue weighted by molar-refractivity contribution is -0.190. The first-order valence-electron chi connectivity index (χ1n) is 4.43. The van der Waals surface area contributed by atoms with Gasteiger partial charge >= 0.3 is 0 Å². The molecule has 0 N–H and O–H groups in total. The van der Waals surface area contributed by atoms with Crippen molar-refractivity contribution < 1.29 is 18.9 Å². The van der Waals surface area contributed by atoms with Crippen molar-refractivity contribution in [2.75, 3.05) is 27.0 Å². The third-order valence-electron chi connectivity index (χ3n) is 1.11. The summed E-state index contributed by atoms with van der Waals surface area (Å²) < 4.78 is 20.2. The highest BCUT2D eigenvalue weighted by Crippen LogP contribution is 2.05. The van der Waals surface area contributed by atoms with Crippen molar-refractivity contribution in [3.63, 3.8) is 0 Å². The van der Waals surface area contributed by atoms with Crippen LogP contribution >= 0.6 is 0 Å². The second-order valence-corrected chi connectivity index (χ2v) is 3.51. The predicted octanol–water partition coefficient (Wildman–Crippen LogP) is 2.38. The summed E-state index contributed by atoms with van der Waals surface area (Å²) in [7, 11) is 0. The lowest BCUT2D eigenvalue weighted by Crippen LogP contribution is -2.21. The van der Waals surface area contributed by atoms with E-state index in [2.05, 4.69) is 0 Å². The van der Waals surface area contributed by atoms with E-state index in [0.717, 1.165) is 0 Å². The van der Waals surface area contributed by atoms with E-state index in [-0.39, 0.29) is 33.4 Å². The average Bonchev–Trinajstić information content (AvgIpc) is 2.01. The standard InChI is InChI=1S/C9H20O4.CH4/c1-5-10-6-11-7-12-8-13-9(2,3)4;/h5-8H2,1-4H3;1H4. The third-order valence-corrected chi connectivity index (χ3v) is 1.11. The number of hydrogen-bond acceptors (Lipinski definition) is 4. The maximum absolute atomic E-state index is 5.29. The Morgan fingerprint density at radius 2 is 1.36 bits per heavy atom. The normalized spacial score (nSPS) is 11.1. The van der Waals surface area contributed by atoms with Gasteiger partial charge in [0.2, 0.25) is 0 Å². The summed E-state index contributed by atoms with van der Waals surface area (Å²) in [5.74, 6) is 0. The SMILES string of the molecule is C.CCOCOCOCOC(C)(C)C. The van der Waals surface area contributed by atoms with Gasteiger partial charge in [-0.1, -0.05) is 7.43 Å². The molecule has 0 saturated carbocycles. The summed E-state index contributed by atoms with van der Waals surface area (Å²) >= 11 is 0. The molecule has 0 aromatic heterocycles. The molecule has 0 bridgehead atoms. The minimum absolute atomic E-state index is 0. The Labute approximate surface area is 87.5 Å². The summed E-state index contributed by atoms with van der Waals surface area (Å²) in [6.45, 7) is 9.19. The van der Waals surface area contributed by atoms with Gasteiger partial charge in [0.25, 0.3) is 0 Å². The zero-order chi connectivity index (χ0) is 10.2. The molecule has 0 aromatic rings. The molecule has 88 valence electrons. The first kappa shape index (κ1) is 16.3. The largest absolute Gasteiger partial charge is 0.356 e. The molecule has 0 aliphatic heterocycles. The molecule has 4 heteroatoms. The van der Waals surface area contributed by atoms with Gasteiger partial charge in [-0.2, -0.15) is 0 Å². The van der Waals surface area contributed by atoms with Crippen LogP contribution in [-0.4, -0.2) is 32.6 Å². The van der Waals surface area contributed by atoms with Crippen LogP contribution in [0.15, 0.2) is 0 Å². The Hall–Kier alpha value is -0.160. The smallest absolute Gasteiger partial charge is 0.152 e. The number of hydrogen-bond donors (Lipinski definition) is 0. The Bertz CT molecular complexity index is 109. The molecule has 0 saturated heterocycles. The van der Waals surface area contributed by atoms with Gasteiger partial charge in [0.05, 0.1) is 5.60 Å². The molecule has 0 aliphatic rings. The van der Waals surface area contributed by atoms with Crippen LogP contribution in [0.4, 0.5) is 0 Å². The number of ether oxygens (including phenoxy) is 4. The summed E-state index contributed by atoms with van der Waals surface area (Å²) in [6.07, 6.45) is 0. The highest BCUT2D eigenvalue weighted by Gasteiger charge is 2.08. The van der Waals surface area contributed by atoms with Crippen molar-refractivity contribution in [3.8, 4) is 0 Å². The third kappa shape index (κ3) is 14.4. The molecule has 0 fully saturated rings. The van der Waals surface area contributed by atoms with E-state index in [1.165, 1.54) is 0 Å². The van der Waals surface area contributed by atoms with Gasteiger partial charge in [0.1, 0.15) is 13.6 Å². The van der Waals surface area contributed by atoms with Crippen molar-refractivity contribution in [3.05, 3.63) is 0 Å². The van der Waals surface area contributed by atoms with Crippen LogP contribution in [0.5, 0.6) is 0 Å². The first-order chi connectivity index (χ1) is 6.06. The highest BCUT2D eigenvalue weighted by molar-refractivity contribution is 4.56. The second kappa shape index (κ2) is 9.40. The monoisotopic (exact) mass is 208 g/mol. The van der Waals surface area contributed by atoms with Crippen molar-refractivity contribution in [1.82, 2.24) is 0 Å². The Morgan fingerprint density at radius 1 is 0.857 bits per heavy atom. The predicted molar refractivity (Wildman–Crippen MR) is 56.0 cm³/mol. The Morgan fingerprint density at radius 3 is 1.86 bits per heavy atom. The average molecular weight is 208 g/mol. The molecule has 0 amide bonds. The maximum atomic E-state index is 5.29. The van der Waals surface area contributed by atoms with Gasteiger partial charge in [-0.05, 0) is 27.7 Å². The summed E-state index contributed by atoms with van der Waals surface area (Å²) in [6, 6.07) is 0. The van der Waals surface area contributed by atoms with Crippen LogP contribution in [0.25, 0.3) is 0 Å². The molecule has 0 spiro atoms.